The highest BCUT2D eigenvalue weighted by Crippen LogP contribution is 2.28. The van der Waals surface area contributed by atoms with Gasteiger partial charge in [-0.25, -0.2) is 0 Å². The monoisotopic (exact) mass is 337 g/mol. The minimum atomic E-state index is -0.450. The first-order valence-electron chi connectivity index (χ1n) is 5.83. The number of nitro benzene ring substituents is 1. The molecule has 2 aromatic carbocycles. The fourth-order valence-electron chi connectivity index (χ4n) is 1.68. The van der Waals surface area contributed by atoms with Crippen LogP contribution in [0.1, 0.15) is 11.1 Å². The van der Waals surface area contributed by atoms with Crippen molar-refractivity contribution in [3.05, 3.63) is 62.1 Å². The number of ether oxygens (including phenoxy) is 1. The zero-order valence-corrected chi connectivity index (χ0v) is 12.3. The molecule has 0 aliphatic carbocycles. The zero-order chi connectivity index (χ0) is 14.7. The molecule has 0 atom stereocenters. The molecule has 0 saturated carbocycles. The van der Waals surface area contributed by atoms with Gasteiger partial charge in [0.25, 0.3) is 5.69 Å². The number of non-ortho nitro benzene ring substituents is 1. The highest BCUT2D eigenvalue weighted by molar-refractivity contribution is 9.10. The number of nitro groups is 1. The summed E-state index contributed by atoms with van der Waals surface area (Å²) in [6, 6.07) is 9.55. The Morgan fingerprint density at radius 2 is 2.10 bits per heavy atom. The highest BCUT2D eigenvalue weighted by atomic mass is 79.9. The SMILES string of the molecule is Cc1c(O)cccc1OCc1ccc([N+](=O)[O-])cc1Br. The molecule has 0 fully saturated rings. The average molecular weight is 338 g/mol. The van der Waals surface area contributed by atoms with Gasteiger partial charge in [0.1, 0.15) is 18.1 Å². The molecule has 20 heavy (non-hydrogen) atoms. The van der Waals surface area contributed by atoms with Crippen LogP contribution in [-0.4, -0.2) is 10.0 Å². The Balaban J connectivity index is 2.15. The van der Waals surface area contributed by atoms with E-state index in [9.17, 15) is 15.2 Å². The summed E-state index contributed by atoms with van der Waals surface area (Å²) in [7, 11) is 0. The summed E-state index contributed by atoms with van der Waals surface area (Å²) >= 11 is 3.29. The third-order valence-corrected chi connectivity index (χ3v) is 3.62. The van der Waals surface area contributed by atoms with E-state index in [4.69, 9.17) is 4.74 Å². The molecular formula is C14H12BrNO4. The van der Waals surface area contributed by atoms with Gasteiger partial charge in [0.05, 0.1) is 4.92 Å². The van der Waals surface area contributed by atoms with Gasteiger partial charge in [-0.05, 0) is 25.1 Å². The number of aromatic hydroxyl groups is 1. The molecule has 0 aliphatic heterocycles. The second-order valence-corrected chi connectivity index (χ2v) is 5.08. The van der Waals surface area contributed by atoms with E-state index in [2.05, 4.69) is 15.9 Å². The van der Waals surface area contributed by atoms with E-state index >= 15 is 0 Å². The molecule has 0 aromatic heterocycles. The van der Waals surface area contributed by atoms with E-state index in [0.717, 1.165) is 5.56 Å². The maximum atomic E-state index is 10.7. The fraction of sp³-hybridized carbons (Fsp3) is 0.143. The summed E-state index contributed by atoms with van der Waals surface area (Å²) in [5, 5.41) is 20.2. The lowest BCUT2D eigenvalue weighted by Crippen LogP contribution is -1.99. The van der Waals surface area contributed by atoms with E-state index in [1.54, 1.807) is 31.2 Å². The van der Waals surface area contributed by atoms with Crippen LogP contribution in [0.5, 0.6) is 11.5 Å². The molecule has 2 rings (SSSR count). The second kappa shape index (κ2) is 5.92. The Labute approximate surface area is 124 Å². The lowest BCUT2D eigenvalue weighted by molar-refractivity contribution is -0.384. The number of benzene rings is 2. The quantitative estimate of drug-likeness (QED) is 0.677. The first-order valence-corrected chi connectivity index (χ1v) is 6.62. The smallest absolute Gasteiger partial charge is 0.270 e. The van der Waals surface area contributed by atoms with Crippen LogP contribution in [0.4, 0.5) is 5.69 Å². The van der Waals surface area contributed by atoms with Gasteiger partial charge in [0, 0.05) is 27.7 Å². The Morgan fingerprint density at radius 1 is 1.35 bits per heavy atom. The Morgan fingerprint density at radius 3 is 2.75 bits per heavy atom. The standard InChI is InChI=1S/C14H12BrNO4/c1-9-13(17)3-2-4-14(9)20-8-10-5-6-11(16(18)19)7-12(10)15/h2-7,17H,8H2,1H3. The van der Waals surface area contributed by atoms with Gasteiger partial charge in [0.15, 0.2) is 0 Å². The van der Waals surface area contributed by atoms with Gasteiger partial charge in [-0.15, -0.1) is 0 Å². The van der Waals surface area contributed by atoms with E-state index in [0.29, 0.717) is 15.8 Å². The Kier molecular flexibility index (Phi) is 4.24. The summed E-state index contributed by atoms with van der Waals surface area (Å²) in [4.78, 5) is 10.2. The van der Waals surface area contributed by atoms with Crippen molar-refractivity contribution < 1.29 is 14.8 Å². The van der Waals surface area contributed by atoms with E-state index in [1.807, 2.05) is 0 Å². The molecule has 0 bridgehead atoms. The van der Waals surface area contributed by atoms with Crippen molar-refractivity contribution in [1.82, 2.24) is 0 Å². The van der Waals surface area contributed by atoms with E-state index < -0.39 is 4.92 Å². The summed E-state index contributed by atoms with van der Waals surface area (Å²) in [5.74, 6) is 0.750. The van der Waals surface area contributed by atoms with Gasteiger partial charge >= 0.3 is 0 Å². The predicted octanol–water partition coefficient (Wildman–Crippen LogP) is 3.95. The van der Waals surface area contributed by atoms with Crippen molar-refractivity contribution in [1.29, 1.82) is 0 Å². The molecule has 0 unspecified atom stereocenters. The minimum Gasteiger partial charge on any atom is -0.508 e. The van der Waals surface area contributed by atoms with Crippen LogP contribution in [0.3, 0.4) is 0 Å². The molecule has 0 radical (unpaired) electrons. The van der Waals surface area contributed by atoms with Gasteiger partial charge in [-0.2, -0.15) is 0 Å². The normalized spacial score (nSPS) is 10.3. The van der Waals surface area contributed by atoms with Crippen LogP contribution < -0.4 is 4.74 Å². The summed E-state index contributed by atoms with van der Waals surface area (Å²) in [5.41, 5.74) is 1.47. The number of phenols is 1. The Hall–Kier alpha value is -2.08. The number of rotatable bonds is 4. The zero-order valence-electron chi connectivity index (χ0n) is 10.7. The number of hydrogen-bond donors (Lipinski definition) is 1. The molecule has 0 spiro atoms. The van der Waals surface area contributed by atoms with Gasteiger partial charge in [0.2, 0.25) is 0 Å². The largest absolute Gasteiger partial charge is 0.508 e. The van der Waals surface area contributed by atoms with Gasteiger partial charge < -0.3 is 9.84 Å². The number of phenolic OH excluding ortho intramolecular Hbond substituents is 1. The molecular weight excluding hydrogens is 326 g/mol. The molecule has 0 amide bonds. The van der Waals surface area contributed by atoms with Crippen LogP contribution in [0.2, 0.25) is 0 Å². The summed E-state index contributed by atoms with van der Waals surface area (Å²) in [6.45, 7) is 2.01. The van der Waals surface area contributed by atoms with Crippen molar-refractivity contribution in [2.24, 2.45) is 0 Å². The van der Waals surface area contributed by atoms with E-state index in [1.165, 1.54) is 12.1 Å². The maximum Gasteiger partial charge on any atom is 0.270 e. The first-order chi connectivity index (χ1) is 9.49. The van der Waals surface area contributed by atoms with Gasteiger partial charge in [-0.1, -0.05) is 22.0 Å². The molecule has 6 heteroatoms. The molecule has 0 aliphatic rings. The van der Waals surface area contributed by atoms with Crippen molar-refractivity contribution in [2.75, 3.05) is 0 Å². The van der Waals surface area contributed by atoms with Crippen LogP contribution >= 0.6 is 15.9 Å². The highest BCUT2D eigenvalue weighted by Gasteiger charge is 2.10. The molecule has 1 N–H and O–H groups in total. The van der Waals surface area contributed by atoms with Crippen LogP contribution in [0.25, 0.3) is 0 Å². The molecule has 0 heterocycles. The third-order valence-electron chi connectivity index (χ3n) is 2.89. The second-order valence-electron chi connectivity index (χ2n) is 4.22. The summed E-state index contributed by atoms with van der Waals surface area (Å²) < 4.78 is 6.24. The van der Waals surface area contributed by atoms with Gasteiger partial charge in [-0.3, -0.25) is 10.1 Å². The number of hydrogen-bond acceptors (Lipinski definition) is 4. The Bertz CT molecular complexity index is 658. The first kappa shape index (κ1) is 14.3. The van der Waals surface area contributed by atoms with Crippen LogP contribution in [0, 0.1) is 17.0 Å². The van der Waals surface area contributed by atoms with Crippen LogP contribution in [-0.2, 0) is 6.61 Å². The minimum absolute atomic E-state index is 0.0224. The van der Waals surface area contributed by atoms with Crippen LogP contribution in [0.15, 0.2) is 40.9 Å². The fourth-order valence-corrected chi connectivity index (χ4v) is 2.16. The summed E-state index contributed by atoms with van der Waals surface area (Å²) in [6.07, 6.45) is 0. The maximum absolute atomic E-state index is 10.7. The molecule has 2 aromatic rings. The van der Waals surface area contributed by atoms with Crippen molar-refractivity contribution in [3.8, 4) is 11.5 Å². The molecule has 0 saturated heterocycles. The molecule has 5 nitrogen and oxygen atoms in total. The average Bonchev–Trinajstić information content (AvgIpc) is 2.41. The topological polar surface area (TPSA) is 72.6 Å². The third kappa shape index (κ3) is 3.08. The lowest BCUT2D eigenvalue weighted by atomic mass is 10.2. The number of halogens is 1. The molecule has 104 valence electrons. The van der Waals surface area contributed by atoms with Crippen molar-refractivity contribution in [2.45, 2.75) is 13.5 Å². The van der Waals surface area contributed by atoms with Crippen molar-refractivity contribution in [3.63, 3.8) is 0 Å². The lowest BCUT2D eigenvalue weighted by Gasteiger charge is -2.11. The van der Waals surface area contributed by atoms with Crippen molar-refractivity contribution >= 4 is 21.6 Å². The predicted molar refractivity (Wildman–Crippen MR) is 78.0 cm³/mol. The number of nitrogens with zero attached hydrogens (tertiary/aromatic N) is 1. The van der Waals surface area contributed by atoms with E-state index in [-0.39, 0.29) is 18.0 Å².